The molecule has 0 aliphatic carbocycles. The fourth-order valence-corrected chi connectivity index (χ4v) is 6.86. The number of phenolic OH excluding ortho intramolecular Hbond substituents is 2. The Balaban J connectivity index is 2.37. The summed E-state index contributed by atoms with van der Waals surface area (Å²) in [4.78, 5) is 0. The lowest BCUT2D eigenvalue weighted by Gasteiger charge is -2.29. The highest BCUT2D eigenvalue weighted by Crippen LogP contribution is 2.45. The van der Waals surface area contributed by atoms with Gasteiger partial charge in [-0.25, -0.2) is 0 Å². The van der Waals surface area contributed by atoms with Crippen molar-refractivity contribution in [2.45, 2.75) is 73.1 Å². The van der Waals surface area contributed by atoms with E-state index in [1.807, 2.05) is 19.1 Å². The standard InChI is InChI=1S/C30H39O3P/c1-10-33-21-11-13-22(14-12-21)34(25-17-19(2)15-23(27(25)31)29(4,5)6)26-18-20(3)16-24(28(26)32)30(7,8)9/h11-18,31-32H,10H2,1-9H3. The van der Waals surface area contributed by atoms with Crippen molar-refractivity contribution < 1.29 is 14.9 Å². The Morgan fingerprint density at radius 3 is 1.47 bits per heavy atom. The summed E-state index contributed by atoms with van der Waals surface area (Å²) in [6.07, 6.45) is 0. The molecule has 0 aromatic heterocycles. The molecule has 3 rings (SSSR count). The van der Waals surface area contributed by atoms with Crippen molar-refractivity contribution in [2.24, 2.45) is 0 Å². The van der Waals surface area contributed by atoms with Crippen LogP contribution in [-0.4, -0.2) is 16.8 Å². The van der Waals surface area contributed by atoms with Crippen molar-refractivity contribution in [3.8, 4) is 17.2 Å². The van der Waals surface area contributed by atoms with Crippen LogP contribution in [0, 0.1) is 13.8 Å². The maximum atomic E-state index is 11.6. The molecule has 3 nitrogen and oxygen atoms in total. The van der Waals surface area contributed by atoms with Gasteiger partial charge in [-0.05, 0) is 80.2 Å². The second-order valence-electron chi connectivity index (χ2n) is 11.1. The van der Waals surface area contributed by atoms with E-state index in [2.05, 4.69) is 91.8 Å². The van der Waals surface area contributed by atoms with E-state index in [-0.39, 0.29) is 10.8 Å². The van der Waals surface area contributed by atoms with Crippen LogP contribution in [0.5, 0.6) is 17.2 Å². The Labute approximate surface area is 206 Å². The van der Waals surface area contributed by atoms with Gasteiger partial charge in [-0.15, -0.1) is 0 Å². The highest BCUT2D eigenvalue weighted by molar-refractivity contribution is 7.80. The Kier molecular flexibility index (Phi) is 7.39. The molecule has 0 radical (unpaired) electrons. The summed E-state index contributed by atoms with van der Waals surface area (Å²) in [5.41, 5.74) is 3.61. The number of rotatable bonds is 5. The van der Waals surface area contributed by atoms with Crippen LogP contribution < -0.4 is 20.7 Å². The molecule has 0 atom stereocenters. The zero-order chi connectivity index (χ0) is 25.4. The molecule has 34 heavy (non-hydrogen) atoms. The van der Waals surface area contributed by atoms with Gasteiger partial charge in [-0.2, -0.15) is 0 Å². The molecule has 0 amide bonds. The van der Waals surface area contributed by atoms with Gasteiger partial charge in [0.05, 0.1) is 6.61 Å². The summed E-state index contributed by atoms with van der Waals surface area (Å²) in [5, 5.41) is 25.9. The number of hydrogen-bond acceptors (Lipinski definition) is 3. The summed E-state index contributed by atoms with van der Waals surface area (Å²) in [7, 11) is -1.22. The minimum Gasteiger partial charge on any atom is -0.507 e. The number of ether oxygens (including phenoxy) is 1. The van der Waals surface area contributed by atoms with Gasteiger partial charge in [0.25, 0.3) is 0 Å². The normalized spacial score (nSPS) is 12.3. The molecule has 0 aliphatic heterocycles. The largest absolute Gasteiger partial charge is 0.507 e. The quantitative estimate of drug-likeness (QED) is 0.414. The van der Waals surface area contributed by atoms with Crippen LogP contribution in [0.4, 0.5) is 0 Å². The Morgan fingerprint density at radius 1 is 0.706 bits per heavy atom. The molecular formula is C30H39O3P. The molecule has 0 heterocycles. The molecule has 3 aromatic carbocycles. The Morgan fingerprint density at radius 2 is 1.12 bits per heavy atom. The molecular weight excluding hydrogens is 439 g/mol. The van der Waals surface area contributed by atoms with Gasteiger partial charge in [0.2, 0.25) is 0 Å². The Bertz CT molecular complexity index is 1100. The fraction of sp³-hybridized carbons (Fsp3) is 0.400. The van der Waals surface area contributed by atoms with E-state index < -0.39 is 7.92 Å². The van der Waals surface area contributed by atoms with E-state index >= 15 is 0 Å². The molecule has 0 saturated heterocycles. The number of aromatic hydroxyl groups is 2. The van der Waals surface area contributed by atoms with Crippen LogP contribution in [0.15, 0.2) is 48.5 Å². The third-order valence-corrected chi connectivity index (χ3v) is 8.43. The summed E-state index contributed by atoms with van der Waals surface area (Å²) >= 11 is 0. The van der Waals surface area contributed by atoms with E-state index in [4.69, 9.17) is 4.74 Å². The van der Waals surface area contributed by atoms with Gasteiger partial charge < -0.3 is 14.9 Å². The highest BCUT2D eigenvalue weighted by Gasteiger charge is 2.30. The molecule has 0 unspecified atom stereocenters. The molecule has 3 aromatic rings. The van der Waals surface area contributed by atoms with Gasteiger partial charge in [0.15, 0.2) is 0 Å². The average molecular weight is 479 g/mol. The van der Waals surface area contributed by atoms with E-state index in [1.54, 1.807) is 0 Å². The van der Waals surface area contributed by atoms with Crippen molar-refractivity contribution in [1.82, 2.24) is 0 Å². The van der Waals surface area contributed by atoms with E-state index in [1.165, 1.54) is 0 Å². The summed E-state index contributed by atoms with van der Waals surface area (Å²) in [6.45, 7) is 19.4. The van der Waals surface area contributed by atoms with Gasteiger partial charge in [-0.1, -0.05) is 65.8 Å². The van der Waals surface area contributed by atoms with Gasteiger partial charge in [-0.3, -0.25) is 0 Å². The van der Waals surface area contributed by atoms with Crippen LogP contribution in [0.25, 0.3) is 0 Å². The second-order valence-corrected chi connectivity index (χ2v) is 13.3. The van der Waals surface area contributed by atoms with Crippen LogP contribution in [0.3, 0.4) is 0 Å². The van der Waals surface area contributed by atoms with Crippen LogP contribution in [0.2, 0.25) is 0 Å². The zero-order valence-electron chi connectivity index (χ0n) is 22.1. The molecule has 182 valence electrons. The molecule has 0 fully saturated rings. The third kappa shape index (κ3) is 5.41. The number of phenols is 2. The molecule has 0 saturated carbocycles. The predicted octanol–water partition coefficient (Wildman–Crippen LogP) is 6.47. The first kappa shape index (κ1) is 26.1. The van der Waals surface area contributed by atoms with Crippen molar-refractivity contribution in [2.75, 3.05) is 6.61 Å². The molecule has 4 heteroatoms. The number of benzene rings is 3. The van der Waals surface area contributed by atoms with Crippen LogP contribution >= 0.6 is 7.92 Å². The lowest BCUT2D eigenvalue weighted by Crippen LogP contribution is -2.26. The van der Waals surface area contributed by atoms with Crippen LogP contribution in [0.1, 0.15) is 70.7 Å². The van der Waals surface area contributed by atoms with E-state index in [0.29, 0.717) is 18.1 Å². The summed E-state index contributed by atoms with van der Waals surface area (Å²) in [5.74, 6) is 1.45. The van der Waals surface area contributed by atoms with Crippen LogP contribution in [-0.2, 0) is 10.8 Å². The lowest BCUT2D eigenvalue weighted by atomic mass is 9.85. The van der Waals surface area contributed by atoms with Gasteiger partial charge in [0.1, 0.15) is 17.2 Å². The average Bonchev–Trinajstić information content (AvgIpc) is 2.72. The maximum absolute atomic E-state index is 11.6. The molecule has 0 spiro atoms. The van der Waals surface area contributed by atoms with Crippen molar-refractivity contribution in [3.05, 3.63) is 70.8 Å². The Hall–Kier alpha value is -2.51. The lowest BCUT2D eigenvalue weighted by molar-refractivity contribution is 0.340. The van der Waals surface area contributed by atoms with Gasteiger partial charge >= 0.3 is 0 Å². The summed E-state index contributed by atoms with van der Waals surface area (Å²) in [6, 6.07) is 16.4. The highest BCUT2D eigenvalue weighted by atomic mass is 31.1. The van der Waals surface area contributed by atoms with E-state index in [9.17, 15) is 10.2 Å². The number of hydrogen-bond donors (Lipinski definition) is 2. The summed E-state index contributed by atoms with van der Waals surface area (Å²) < 4.78 is 5.67. The molecule has 2 N–H and O–H groups in total. The first-order chi connectivity index (χ1) is 15.7. The first-order valence-corrected chi connectivity index (χ1v) is 13.3. The van der Waals surface area contributed by atoms with E-state index in [0.717, 1.165) is 43.9 Å². The first-order valence-electron chi connectivity index (χ1n) is 11.9. The number of aryl methyl sites for hydroxylation is 2. The zero-order valence-corrected chi connectivity index (χ0v) is 23.0. The predicted molar refractivity (Wildman–Crippen MR) is 147 cm³/mol. The van der Waals surface area contributed by atoms with Crippen molar-refractivity contribution >= 4 is 23.8 Å². The van der Waals surface area contributed by atoms with Gasteiger partial charge in [0, 0.05) is 21.7 Å². The molecule has 0 bridgehead atoms. The van der Waals surface area contributed by atoms with Crippen molar-refractivity contribution in [3.63, 3.8) is 0 Å². The monoisotopic (exact) mass is 478 g/mol. The van der Waals surface area contributed by atoms with Crippen molar-refractivity contribution in [1.29, 1.82) is 0 Å². The minimum atomic E-state index is -1.22. The second kappa shape index (κ2) is 9.62. The fourth-order valence-electron chi connectivity index (χ4n) is 4.27. The maximum Gasteiger partial charge on any atom is 0.127 e. The minimum absolute atomic E-state index is 0.212. The SMILES string of the molecule is CCOc1ccc(P(c2cc(C)cc(C(C)(C)C)c2O)c2cc(C)cc(C(C)(C)C)c2O)cc1. The topological polar surface area (TPSA) is 49.7 Å². The smallest absolute Gasteiger partial charge is 0.127 e. The third-order valence-electron chi connectivity index (χ3n) is 5.97. The molecule has 0 aliphatic rings.